The number of nitrogens with one attached hydrogen (secondary N) is 1. The summed E-state index contributed by atoms with van der Waals surface area (Å²) in [6.45, 7) is 2.01. The van der Waals surface area contributed by atoms with Gasteiger partial charge in [0.15, 0.2) is 0 Å². The predicted molar refractivity (Wildman–Crippen MR) is 83.7 cm³/mol. The second kappa shape index (κ2) is 6.64. The molecule has 21 heavy (non-hydrogen) atoms. The first-order valence-electron chi connectivity index (χ1n) is 7.17. The van der Waals surface area contributed by atoms with E-state index in [0.29, 0.717) is 5.92 Å². The van der Waals surface area contributed by atoms with Gasteiger partial charge in [-0.15, -0.1) is 0 Å². The van der Waals surface area contributed by atoms with Crippen LogP contribution in [-0.2, 0) is 10.0 Å². The SMILES string of the molecule is CNS(=O)(=O)c1ccc(N2CCCC(CCO)C2)cc1N. The fourth-order valence-electron chi connectivity index (χ4n) is 2.81. The van der Waals surface area contributed by atoms with E-state index in [1.807, 2.05) is 0 Å². The van der Waals surface area contributed by atoms with Crippen LogP contribution < -0.4 is 15.4 Å². The van der Waals surface area contributed by atoms with Gasteiger partial charge in [0.1, 0.15) is 4.90 Å². The highest BCUT2D eigenvalue weighted by Gasteiger charge is 2.21. The van der Waals surface area contributed by atoms with Gasteiger partial charge in [0.2, 0.25) is 10.0 Å². The molecule has 1 aromatic rings. The quantitative estimate of drug-likeness (QED) is 0.698. The van der Waals surface area contributed by atoms with E-state index in [2.05, 4.69) is 9.62 Å². The number of benzene rings is 1. The highest BCUT2D eigenvalue weighted by Crippen LogP contribution is 2.29. The van der Waals surface area contributed by atoms with E-state index in [9.17, 15) is 8.42 Å². The van der Waals surface area contributed by atoms with Crippen LogP contribution in [0, 0.1) is 5.92 Å². The Morgan fingerprint density at radius 1 is 1.48 bits per heavy atom. The van der Waals surface area contributed by atoms with Crippen LogP contribution >= 0.6 is 0 Å². The van der Waals surface area contributed by atoms with Crippen molar-refractivity contribution in [3.63, 3.8) is 0 Å². The third kappa shape index (κ3) is 3.66. The second-order valence-corrected chi connectivity index (χ2v) is 7.25. The molecule has 1 saturated heterocycles. The van der Waals surface area contributed by atoms with Crippen molar-refractivity contribution in [2.75, 3.05) is 37.4 Å². The number of hydrogen-bond acceptors (Lipinski definition) is 5. The maximum Gasteiger partial charge on any atom is 0.242 e. The molecule has 4 N–H and O–H groups in total. The van der Waals surface area contributed by atoms with Gasteiger partial charge in [-0.3, -0.25) is 0 Å². The smallest absolute Gasteiger partial charge is 0.242 e. The topological polar surface area (TPSA) is 95.7 Å². The third-order valence-electron chi connectivity index (χ3n) is 3.97. The van der Waals surface area contributed by atoms with E-state index in [1.54, 1.807) is 18.2 Å². The first-order valence-corrected chi connectivity index (χ1v) is 8.65. The number of nitrogen functional groups attached to an aromatic ring is 1. The average Bonchev–Trinajstić information content (AvgIpc) is 2.47. The molecule has 0 saturated carbocycles. The lowest BCUT2D eigenvalue weighted by molar-refractivity contribution is 0.244. The van der Waals surface area contributed by atoms with E-state index < -0.39 is 10.0 Å². The Labute approximate surface area is 126 Å². The molecule has 1 aliphatic rings. The molecule has 1 heterocycles. The molecule has 118 valence electrons. The number of nitrogens with two attached hydrogens (primary N) is 1. The van der Waals surface area contributed by atoms with Crippen molar-refractivity contribution < 1.29 is 13.5 Å². The summed E-state index contributed by atoms with van der Waals surface area (Å²) >= 11 is 0. The summed E-state index contributed by atoms with van der Waals surface area (Å²) in [5.74, 6) is 0.477. The molecule has 6 nitrogen and oxygen atoms in total. The number of rotatable bonds is 5. The van der Waals surface area contributed by atoms with Crippen molar-refractivity contribution in [1.29, 1.82) is 0 Å². The van der Waals surface area contributed by atoms with Gasteiger partial charge < -0.3 is 15.7 Å². The maximum absolute atomic E-state index is 11.8. The fraction of sp³-hybridized carbons (Fsp3) is 0.571. The first kappa shape index (κ1) is 16.1. The Balaban J connectivity index is 2.20. The average molecular weight is 313 g/mol. The molecule has 0 aliphatic carbocycles. The molecule has 7 heteroatoms. The number of nitrogens with zero attached hydrogens (tertiary/aromatic N) is 1. The Morgan fingerprint density at radius 3 is 2.86 bits per heavy atom. The van der Waals surface area contributed by atoms with Gasteiger partial charge in [0.25, 0.3) is 0 Å². The standard InChI is InChI=1S/C14H23N3O3S/c1-16-21(19,20)14-5-4-12(9-13(14)15)17-7-2-3-11(10-17)6-8-18/h4-5,9,11,16,18H,2-3,6-8,10,15H2,1H3. The highest BCUT2D eigenvalue weighted by molar-refractivity contribution is 7.89. The minimum atomic E-state index is -3.52. The van der Waals surface area contributed by atoms with E-state index >= 15 is 0 Å². The van der Waals surface area contributed by atoms with E-state index in [-0.39, 0.29) is 17.2 Å². The Hall–Kier alpha value is -1.31. The zero-order chi connectivity index (χ0) is 15.5. The monoisotopic (exact) mass is 313 g/mol. The van der Waals surface area contributed by atoms with Gasteiger partial charge in [-0.25, -0.2) is 13.1 Å². The van der Waals surface area contributed by atoms with Crippen molar-refractivity contribution in [3.05, 3.63) is 18.2 Å². The molecule has 0 aromatic heterocycles. The summed E-state index contributed by atoms with van der Waals surface area (Å²) in [6.07, 6.45) is 3.00. The third-order valence-corrected chi connectivity index (χ3v) is 5.46. The van der Waals surface area contributed by atoms with E-state index in [4.69, 9.17) is 10.8 Å². The zero-order valence-corrected chi connectivity index (χ0v) is 13.1. The summed E-state index contributed by atoms with van der Waals surface area (Å²) in [5, 5.41) is 9.06. The van der Waals surface area contributed by atoms with Crippen LogP contribution in [0.15, 0.2) is 23.1 Å². The number of piperidine rings is 1. The van der Waals surface area contributed by atoms with Gasteiger partial charge in [0, 0.05) is 25.4 Å². The van der Waals surface area contributed by atoms with Crippen LogP contribution in [-0.4, -0.2) is 40.3 Å². The van der Waals surface area contributed by atoms with Gasteiger partial charge in [-0.2, -0.15) is 0 Å². The van der Waals surface area contributed by atoms with Gasteiger partial charge in [-0.05, 0) is 50.4 Å². The van der Waals surface area contributed by atoms with E-state index in [1.165, 1.54) is 7.05 Å². The summed E-state index contributed by atoms with van der Waals surface area (Å²) in [5.41, 5.74) is 7.09. The fourth-order valence-corrected chi connectivity index (χ4v) is 3.64. The Bertz CT molecular complexity index is 587. The molecular formula is C14H23N3O3S. The van der Waals surface area contributed by atoms with Crippen molar-refractivity contribution >= 4 is 21.4 Å². The number of anilines is 2. The molecule has 1 atom stereocenters. The number of aliphatic hydroxyl groups is 1. The lowest BCUT2D eigenvalue weighted by Gasteiger charge is -2.34. The van der Waals surface area contributed by atoms with Gasteiger partial charge in [-0.1, -0.05) is 0 Å². The summed E-state index contributed by atoms with van der Waals surface area (Å²) in [4.78, 5) is 2.31. The molecule has 0 amide bonds. The summed E-state index contributed by atoms with van der Waals surface area (Å²) in [7, 11) is -2.15. The minimum Gasteiger partial charge on any atom is -0.398 e. The van der Waals surface area contributed by atoms with Crippen LogP contribution in [0.25, 0.3) is 0 Å². The molecule has 1 aliphatic heterocycles. The van der Waals surface area contributed by atoms with Crippen LogP contribution in [0.1, 0.15) is 19.3 Å². The summed E-state index contributed by atoms with van der Waals surface area (Å²) in [6, 6.07) is 5.06. The minimum absolute atomic E-state index is 0.109. The van der Waals surface area contributed by atoms with Crippen molar-refractivity contribution in [2.45, 2.75) is 24.2 Å². The predicted octanol–water partition coefficient (Wildman–Crippen LogP) is 0.776. The van der Waals surface area contributed by atoms with Crippen molar-refractivity contribution in [3.8, 4) is 0 Å². The summed E-state index contributed by atoms with van der Waals surface area (Å²) < 4.78 is 25.9. The second-order valence-electron chi connectivity index (χ2n) is 5.40. The first-order chi connectivity index (χ1) is 9.97. The van der Waals surface area contributed by atoms with Crippen LogP contribution in [0.5, 0.6) is 0 Å². The maximum atomic E-state index is 11.8. The normalized spacial score (nSPS) is 19.7. The molecule has 1 unspecified atom stereocenters. The molecule has 1 fully saturated rings. The van der Waals surface area contributed by atoms with Crippen LogP contribution in [0.4, 0.5) is 11.4 Å². The number of sulfonamides is 1. The largest absolute Gasteiger partial charge is 0.398 e. The Morgan fingerprint density at radius 2 is 2.24 bits per heavy atom. The lowest BCUT2D eigenvalue weighted by Crippen LogP contribution is -2.35. The highest BCUT2D eigenvalue weighted by atomic mass is 32.2. The number of hydrogen-bond donors (Lipinski definition) is 3. The van der Waals surface area contributed by atoms with Gasteiger partial charge in [0.05, 0.1) is 5.69 Å². The molecule has 0 bridgehead atoms. The molecule has 0 spiro atoms. The van der Waals surface area contributed by atoms with Crippen LogP contribution in [0.3, 0.4) is 0 Å². The number of aliphatic hydroxyl groups excluding tert-OH is 1. The van der Waals surface area contributed by atoms with E-state index in [0.717, 1.165) is 38.0 Å². The molecule has 1 aromatic carbocycles. The molecule has 0 radical (unpaired) electrons. The Kier molecular flexibility index (Phi) is 5.08. The van der Waals surface area contributed by atoms with Crippen LogP contribution in [0.2, 0.25) is 0 Å². The van der Waals surface area contributed by atoms with Gasteiger partial charge >= 0.3 is 0 Å². The van der Waals surface area contributed by atoms with Crippen molar-refractivity contribution in [1.82, 2.24) is 4.72 Å². The lowest BCUT2D eigenvalue weighted by atomic mass is 9.95. The molecular weight excluding hydrogens is 290 g/mol. The zero-order valence-electron chi connectivity index (χ0n) is 12.2. The molecule has 2 rings (SSSR count). The van der Waals surface area contributed by atoms with Crippen molar-refractivity contribution in [2.24, 2.45) is 5.92 Å².